The van der Waals surface area contributed by atoms with Gasteiger partial charge in [0.15, 0.2) is 0 Å². The molecule has 1 amide bonds. The molecule has 2 aromatic rings. The Bertz CT molecular complexity index is 475. The number of thiophene rings is 2. The number of aliphatic hydroxyl groups is 1. The number of nitrogens with one attached hydrogen (secondary N) is 1. The van der Waals surface area contributed by atoms with Gasteiger partial charge in [0.05, 0.1) is 11.0 Å². The lowest BCUT2D eigenvalue weighted by Crippen LogP contribution is -2.31. The monoisotopic (exact) mass is 269 g/mol. The SMILES string of the molecule is CCCC(O)CNC(=O)c1cc2sccc2s1. The minimum atomic E-state index is -0.440. The molecule has 17 heavy (non-hydrogen) atoms. The summed E-state index contributed by atoms with van der Waals surface area (Å²) in [7, 11) is 0. The Morgan fingerprint density at radius 3 is 3.06 bits per heavy atom. The first kappa shape index (κ1) is 12.5. The van der Waals surface area contributed by atoms with Gasteiger partial charge in [-0.05, 0) is 23.9 Å². The molecule has 92 valence electrons. The van der Waals surface area contributed by atoms with Gasteiger partial charge in [0, 0.05) is 15.9 Å². The Morgan fingerprint density at radius 2 is 2.35 bits per heavy atom. The largest absolute Gasteiger partial charge is 0.391 e. The molecule has 0 saturated carbocycles. The van der Waals surface area contributed by atoms with Crippen LogP contribution in [0.5, 0.6) is 0 Å². The topological polar surface area (TPSA) is 49.3 Å². The van der Waals surface area contributed by atoms with Gasteiger partial charge in [-0.25, -0.2) is 0 Å². The first-order chi connectivity index (χ1) is 8.20. The van der Waals surface area contributed by atoms with Gasteiger partial charge in [0.25, 0.3) is 5.91 Å². The third kappa shape index (κ3) is 3.06. The average molecular weight is 269 g/mol. The van der Waals surface area contributed by atoms with Crippen molar-refractivity contribution in [2.24, 2.45) is 0 Å². The molecule has 2 heterocycles. The smallest absolute Gasteiger partial charge is 0.261 e. The second kappa shape index (κ2) is 5.62. The Morgan fingerprint density at radius 1 is 1.53 bits per heavy atom. The van der Waals surface area contributed by atoms with Crippen molar-refractivity contribution in [1.29, 1.82) is 0 Å². The van der Waals surface area contributed by atoms with E-state index in [9.17, 15) is 9.90 Å². The van der Waals surface area contributed by atoms with Crippen LogP contribution in [-0.2, 0) is 0 Å². The van der Waals surface area contributed by atoms with Gasteiger partial charge in [0.1, 0.15) is 0 Å². The van der Waals surface area contributed by atoms with E-state index in [1.807, 2.05) is 24.4 Å². The van der Waals surface area contributed by atoms with E-state index in [0.717, 1.165) is 27.1 Å². The molecule has 2 rings (SSSR count). The summed E-state index contributed by atoms with van der Waals surface area (Å²) in [5.41, 5.74) is 0. The van der Waals surface area contributed by atoms with Crippen LogP contribution in [0.4, 0.5) is 0 Å². The highest BCUT2D eigenvalue weighted by atomic mass is 32.1. The zero-order valence-corrected chi connectivity index (χ0v) is 11.2. The number of amides is 1. The molecule has 0 aliphatic carbocycles. The lowest BCUT2D eigenvalue weighted by molar-refractivity contribution is 0.0914. The number of rotatable bonds is 5. The van der Waals surface area contributed by atoms with Crippen molar-refractivity contribution in [1.82, 2.24) is 5.32 Å². The van der Waals surface area contributed by atoms with Crippen LogP contribution in [-0.4, -0.2) is 23.7 Å². The summed E-state index contributed by atoms with van der Waals surface area (Å²) in [6.07, 6.45) is 1.20. The predicted molar refractivity (Wildman–Crippen MR) is 73.0 cm³/mol. The number of hydrogen-bond donors (Lipinski definition) is 2. The molecule has 2 N–H and O–H groups in total. The van der Waals surface area contributed by atoms with Gasteiger partial charge in [-0.1, -0.05) is 13.3 Å². The van der Waals surface area contributed by atoms with Gasteiger partial charge >= 0.3 is 0 Å². The Kier molecular flexibility index (Phi) is 4.15. The van der Waals surface area contributed by atoms with E-state index < -0.39 is 6.10 Å². The summed E-state index contributed by atoms with van der Waals surface area (Å²) >= 11 is 3.13. The summed E-state index contributed by atoms with van der Waals surface area (Å²) in [5, 5.41) is 14.3. The van der Waals surface area contributed by atoms with E-state index in [-0.39, 0.29) is 5.91 Å². The summed E-state index contributed by atoms with van der Waals surface area (Å²) in [5.74, 6) is -0.0893. The molecule has 5 heteroatoms. The van der Waals surface area contributed by atoms with Crippen LogP contribution < -0.4 is 5.32 Å². The molecular weight excluding hydrogens is 254 g/mol. The lowest BCUT2D eigenvalue weighted by atomic mass is 10.2. The van der Waals surface area contributed by atoms with E-state index in [1.165, 1.54) is 11.3 Å². The van der Waals surface area contributed by atoms with Gasteiger partial charge in [-0.3, -0.25) is 4.79 Å². The average Bonchev–Trinajstić information content (AvgIpc) is 2.86. The fourth-order valence-corrected chi connectivity index (χ4v) is 3.64. The maximum atomic E-state index is 11.8. The van der Waals surface area contributed by atoms with Crippen molar-refractivity contribution >= 4 is 38.0 Å². The van der Waals surface area contributed by atoms with Crippen LogP contribution in [0.25, 0.3) is 9.40 Å². The van der Waals surface area contributed by atoms with Crippen molar-refractivity contribution < 1.29 is 9.90 Å². The second-order valence-corrected chi connectivity index (χ2v) is 5.94. The van der Waals surface area contributed by atoms with E-state index in [4.69, 9.17) is 0 Å². The van der Waals surface area contributed by atoms with Gasteiger partial charge in [0.2, 0.25) is 0 Å². The molecule has 0 aliphatic rings. The maximum Gasteiger partial charge on any atom is 0.261 e. The van der Waals surface area contributed by atoms with Crippen molar-refractivity contribution in [2.45, 2.75) is 25.9 Å². The number of aliphatic hydroxyl groups excluding tert-OH is 1. The standard InChI is InChI=1S/C12H15NO2S2/c1-2-3-8(14)7-13-12(15)11-6-10-9(17-11)4-5-16-10/h4-6,8,14H,2-3,7H2,1H3,(H,13,15). The van der Waals surface area contributed by atoms with Crippen molar-refractivity contribution in [3.05, 3.63) is 22.4 Å². The Balaban J connectivity index is 1.94. The minimum Gasteiger partial charge on any atom is -0.391 e. The van der Waals surface area contributed by atoms with E-state index in [0.29, 0.717) is 6.54 Å². The number of carbonyl (C=O) groups excluding carboxylic acids is 1. The van der Waals surface area contributed by atoms with E-state index >= 15 is 0 Å². The van der Waals surface area contributed by atoms with Crippen LogP contribution in [0.1, 0.15) is 29.4 Å². The summed E-state index contributed by atoms with van der Waals surface area (Å²) in [6, 6.07) is 3.93. The molecule has 1 unspecified atom stereocenters. The molecule has 0 fully saturated rings. The van der Waals surface area contributed by atoms with Crippen LogP contribution in [0.3, 0.4) is 0 Å². The van der Waals surface area contributed by atoms with Crippen molar-refractivity contribution in [3.63, 3.8) is 0 Å². The maximum absolute atomic E-state index is 11.8. The molecule has 3 nitrogen and oxygen atoms in total. The highest BCUT2D eigenvalue weighted by molar-refractivity contribution is 7.27. The van der Waals surface area contributed by atoms with Crippen molar-refractivity contribution in [2.75, 3.05) is 6.54 Å². The Labute approximate surface area is 108 Å². The zero-order valence-electron chi connectivity index (χ0n) is 9.60. The van der Waals surface area contributed by atoms with Gasteiger partial charge in [-0.15, -0.1) is 22.7 Å². The number of fused-ring (bicyclic) bond motifs is 1. The molecule has 0 aromatic carbocycles. The van der Waals surface area contributed by atoms with Crippen molar-refractivity contribution in [3.8, 4) is 0 Å². The normalized spacial score (nSPS) is 12.8. The van der Waals surface area contributed by atoms with Crippen LogP contribution >= 0.6 is 22.7 Å². The van der Waals surface area contributed by atoms with E-state index in [2.05, 4.69) is 5.32 Å². The molecule has 0 saturated heterocycles. The predicted octanol–water partition coefficient (Wildman–Crippen LogP) is 2.85. The highest BCUT2D eigenvalue weighted by Crippen LogP contribution is 2.29. The van der Waals surface area contributed by atoms with Gasteiger partial charge in [-0.2, -0.15) is 0 Å². The first-order valence-corrected chi connectivity index (χ1v) is 7.33. The van der Waals surface area contributed by atoms with Crippen LogP contribution in [0.15, 0.2) is 17.5 Å². The molecule has 0 radical (unpaired) electrons. The summed E-state index contributed by atoms with van der Waals surface area (Å²) in [4.78, 5) is 12.5. The summed E-state index contributed by atoms with van der Waals surface area (Å²) in [6.45, 7) is 2.34. The molecule has 0 bridgehead atoms. The molecular formula is C12H15NO2S2. The fourth-order valence-electron chi connectivity index (χ4n) is 1.61. The number of carbonyl (C=O) groups is 1. The minimum absolute atomic E-state index is 0.0893. The van der Waals surface area contributed by atoms with Gasteiger partial charge < -0.3 is 10.4 Å². The molecule has 1 atom stereocenters. The third-order valence-electron chi connectivity index (χ3n) is 2.48. The zero-order chi connectivity index (χ0) is 12.3. The van der Waals surface area contributed by atoms with Crippen LogP contribution in [0.2, 0.25) is 0 Å². The molecule has 0 spiro atoms. The second-order valence-electron chi connectivity index (χ2n) is 3.91. The quantitative estimate of drug-likeness (QED) is 0.877. The first-order valence-electron chi connectivity index (χ1n) is 5.64. The lowest BCUT2D eigenvalue weighted by Gasteiger charge is -2.09. The number of hydrogen-bond acceptors (Lipinski definition) is 4. The summed E-state index contributed by atoms with van der Waals surface area (Å²) < 4.78 is 2.29. The fraction of sp³-hybridized carbons (Fsp3) is 0.417. The molecule has 2 aromatic heterocycles. The van der Waals surface area contributed by atoms with Crippen LogP contribution in [0, 0.1) is 0 Å². The Hall–Kier alpha value is -0.910. The molecule has 0 aliphatic heterocycles. The van der Waals surface area contributed by atoms with E-state index in [1.54, 1.807) is 11.3 Å². The third-order valence-corrected chi connectivity index (χ3v) is 4.58. The highest BCUT2D eigenvalue weighted by Gasteiger charge is 2.12.